The van der Waals surface area contributed by atoms with Gasteiger partial charge in [-0.3, -0.25) is 0 Å². The molecule has 0 aliphatic carbocycles. The van der Waals surface area contributed by atoms with Gasteiger partial charge in [0.1, 0.15) is 11.3 Å². The molecule has 1 heterocycles. The second-order valence-corrected chi connectivity index (χ2v) is 11.4. The minimum Gasteiger partial charge on any atom is -0.456 e. The number of hydrogen-bond acceptors (Lipinski definition) is 2. The molecule has 0 atom stereocenters. The van der Waals surface area contributed by atoms with Gasteiger partial charge in [-0.05, 0) is 88.0 Å². The standard InChI is InChI=1S/C44H31NO/c1-3-10-32(11-4-1)34-22-26-41(27-23-34)45(40-15-5-2-6-16-40)42-28-24-35(25-29-42)33-18-20-36(21-19-33)37-13-9-14-38(30-37)44-31-39-12-7-8-17-43(39)46-44/h1-31H. The first-order valence-electron chi connectivity index (χ1n) is 15.6. The number of anilines is 3. The average molecular weight is 590 g/mol. The van der Waals surface area contributed by atoms with Crippen LogP contribution >= 0.6 is 0 Å². The average Bonchev–Trinajstić information content (AvgIpc) is 3.58. The lowest BCUT2D eigenvalue weighted by molar-refractivity contribution is 0.631. The van der Waals surface area contributed by atoms with Crippen LogP contribution in [-0.4, -0.2) is 0 Å². The Morgan fingerprint density at radius 1 is 0.304 bits per heavy atom. The molecule has 0 spiro atoms. The Kier molecular flexibility index (Phi) is 7.22. The second-order valence-electron chi connectivity index (χ2n) is 11.4. The first kappa shape index (κ1) is 27.4. The van der Waals surface area contributed by atoms with Crippen LogP contribution in [-0.2, 0) is 0 Å². The van der Waals surface area contributed by atoms with Gasteiger partial charge in [-0.15, -0.1) is 0 Å². The van der Waals surface area contributed by atoms with Crippen LogP contribution in [0.3, 0.4) is 0 Å². The van der Waals surface area contributed by atoms with Crippen molar-refractivity contribution in [2.75, 3.05) is 4.90 Å². The van der Waals surface area contributed by atoms with Gasteiger partial charge < -0.3 is 9.32 Å². The summed E-state index contributed by atoms with van der Waals surface area (Å²) in [7, 11) is 0. The molecule has 0 saturated heterocycles. The van der Waals surface area contributed by atoms with Gasteiger partial charge in [-0.2, -0.15) is 0 Å². The second kappa shape index (κ2) is 12.1. The van der Waals surface area contributed by atoms with E-state index in [2.05, 4.69) is 175 Å². The van der Waals surface area contributed by atoms with Gasteiger partial charge in [0.05, 0.1) is 0 Å². The minimum atomic E-state index is 0.886. The molecule has 0 saturated carbocycles. The predicted octanol–water partition coefficient (Wildman–Crippen LogP) is 12.6. The fourth-order valence-electron chi connectivity index (χ4n) is 6.09. The Hall–Kier alpha value is -6.12. The molecule has 46 heavy (non-hydrogen) atoms. The van der Waals surface area contributed by atoms with Crippen LogP contribution in [0.2, 0.25) is 0 Å². The third-order valence-corrected chi connectivity index (χ3v) is 8.50. The van der Waals surface area contributed by atoms with E-state index in [1.54, 1.807) is 0 Å². The summed E-state index contributed by atoms with van der Waals surface area (Å²) in [5, 5.41) is 1.12. The molecule has 8 aromatic rings. The SMILES string of the molecule is c1ccc(-c2ccc(N(c3ccccc3)c3ccc(-c4ccc(-c5cccc(-c6cc7ccccc7o6)c5)cc4)cc3)cc2)cc1. The van der Waals surface area contributed by atoms with Crippen molar-refractivity contribution in [3.63, 3.8) is 0 Å². The Bertz CT molecular complexity index is 2180. The van der Waals surface area contributed by atoms with Gasteiger partial charge in [-0.25, -0.2) is 0 Å². The lowest BCUT2D eigenvalue weighted by Gasteiger charge is -2.26. The third kappa shape index (κ3) is 5.49. The van der Waals surface area contributed by atoms with Crippen LogP contribution in [0.1, 0.15) is 0 Å². The Morgan fingerprint density at radius 3 is 1.35 bits per heavy atom. The number of fused-ring (bicyclic) bond motifs is 1. The van der Waals surface area contributed by atoms with Crippen molar-refractivity contribution in [1.82, 2.24) is 0 Å². The predicted molar refractivity (Wildman–Crippen MR) is 193 cm³/mol. The van der Waals surface area contributed by atoms with E-state index in [1.165, 1.54) is 27.8 Å². The van der Waals surface area contributed by atoms with Crippen molar-refractivity contribution in [2.45, 2.75) is 0 Å². The highest BCUT2D eigenvalue weighted by Crippen LogP contribution is 2.37. The van der Waals surface area contributed by atoms with Gasteiger partial charge in [0.15, 0.2) is 0 Å². The molecule has 0 aliphatic rings. The summed E-state index contributed by atoms with van der Waals surface area (Å²) in [4.78, 5) is 2.30. The molecule has 0 N–H and O–H groups in total. The molecule has 0 radical (unpaired) electrons. The molecule has 0 fully saturated rings. The monoisotopic (exact) mass is 589 g/mol. The lowest BCUT2D eigenvalue weighted by Crippen LogP contribution is -2.09. The van der Waals surface area contributed by atoms with Gasteiger partial charge in [0, 0.05) is 28.0 Å². The molecule has 1 aromatic heterocycles. The number of para-hydroxylation sites is 2. The van der Waals surface area contributed by atoms with E-state index in [1.807, 2.05) is 18.2 Å². The molecule has 8 rings (SSSR count). The molecular formula is C44H31NO. The lowest BCUT2D eigenvalue weighted by atomic mass is 9.98. The van der Waals surface area contributed by atoms with Gasteiger partial charge in [0.2, 0.25) is 0 Å². The smallest absolute Gasteiger partial charge is 0.135 e. The summed E-state index contributed by atoms with van der Waals surface area (Å²) in [6.07, 6.45) is 0. The van der Waals surface area contributed by atoms with E-state index in [0.717, 1.165) is 44.9 Å². The van der Waals surface area contributed by atoms with Crippen LogP contribution in [0.5, 0.6) is 0 Å². The highest BCUT2D eigenvalue weighted by molar-refractivity contribution is 5.84. The highest BCUT2D eigenvalue weighted by Gasteiger charge is 2.13. The van der Waals surface area contributed by atoms with E-state index in [0.29, 0.717) is 0 Å². The molecule has 218 valence electrons. The maximum atomic E-state index is 6.12. The number of rotatable bonds is 7. The summed E-state index contributed by atoms with van der Waals surface area (Å²) in [5.41, 5.74) is 12.5. The Labute approximate surface area is 269 Å². The maximum Gasteiger partial charge on any atom is 0.135 e. The molecular weight excluding hydrogens is 558 g/mol. The summed E-state index contributed by atoms with van der Waals surface area (Å²) in [6.45, 7) is 0. The number of furan rings is 1. The van der Waals surface area contributed by atoms with Crippen molar-refractivity contribution in [1.29, 1.82) is 0 Å². The van der Waals surface area contributed by atoms with E-state index < -0.39 is 0 Å². The zero-order chi connectivity index (χ0) is 30.7. The largest absolute Gasteiger partial charge is 0.456 e. The Morgan fingerprint density at radius 2 is 0.739 bits per heavy atom. The number of benzene rings is 7. The molecule has 2 nitrogen and oxygen atoms in total. The molecule has 7 aromatic carbocycles. The fraction of sp³-hybridized carbons (Fsp3) is 0. The van der Waals surface area contributed by atoms with Crippen LogP contribution < -0.4 is 4.90 Å². The summed E-state index contributed by atoms with van der Waals surface area (Å²) in [6, 6.07) is 66.3. The normalized spacial score (nSPS) is 11.0. The minimum absolute atomic E-state index is 0.886. The van der Waals surface area contributed by atoms with Gasteiger partial charge >= 0.3 is 0 Å². The van der Waals surface area contributed by atoms with Gasteiger partial charge in [0.25, 0.3) is 0 Å². The van der Waals surface area contributed by atoms with Crippen molar-refractivity contribution in [3.8, 4) is 44.7 Å². The highest BCUT2D eigenvalue weighted by atomic mass is 16.3. The van der Waals surface area contributed by atoms with Gasteiger partial charge in [-0.1, -0.05) is 133 Å². The zero-order valence-electron chi connectivity index (χ0n) is 25.3. The third-order valence-electron chi connectivity index (χ3n) is 8.50. The van der Waals surface area contributed by atoms with Crippen molar-refractivity contribution < 1.29 is 4.42 Å². The van der Waals surface area contributed by atoms with Crippen molar-refractivity contribution in [2.24, 2.45) is 0 Å². The maximum absolute atomic E-state index is 6.12. The topological polar surface area (TPSA) is 16.4 Å². The molecule has 0 unspecified atom stereocenters. The number of hydrogen-bond donors (Lipinski definition) is 0. The number of nitrogens with zero attached hydrogens (tertiary/aromatic N) is 1. The Balaban J connectivity index is 1.05. The summed E-state index contributed by atoms with van der Waals surface area (Å²) in [5.74, 6) is 0.886. The molecule has 0 amide bonds. The molecule has 0 aliphatic heterocycles. The van der Waals surface area contributed by atoms with Crippen LogP contribution in [0.25, 0.3) is 55.7 Å². The molecule has 0 bridgehead atoms. The van der Waals surface area contributed by atoms with Crippen molar-refractivity contribution >= 4 is 28.0 Å². The first-order chi connectivity index (χ1) is 22.8. The van der Waals surface area contributed by atoms with E-state index >= 15 is 0 Å². The van der Waals surface area contributed by atoms with Crippen molar-refractivity contribution in [3.05, 3.63) is 188 Å². The van der Waals surface area contributed by atoms with Crippen LogP contribution in [0, 0.1) is 0 Å². The first-order valence-corrected chi connectivity index (χ1v) is 15.6. The summed E-state index contributed by atoms with van der Waals surface area (Å²) >= 11 is 0. The zero-order valence-corrected chi connectivity index (χ0v) is 25.3. The van der Waals surface area contributed by atoms with E-state index in [-0.39, 0.29) is 0 Å². The van der Waals surface area contributed by atoms with E-state index in [4.69, 9.17) is 4.42 Å². The van der Waals surface area contributed by atoms with Crippen LogP contribution in [0.4, 0.5) is 17.1 Å². The summed E-state index contributed by atoms with van der Waals surface area (Å²) < 4.78 is 6.12. The molecule has 2 heteroatoms. The van der Waals surface area contributed by atoms with E-state index in [9.17, 15) is 0 Å². The van der Waals surface area contributed by atoms with Crippen LogP contribution in [0.15, 0.2) is 192 Å². The fourth-order valence-corrected chi connectivity index (χ4v) is 6.09. The quantitative estimate of drug-likeness (QED) is 0.184.